The Labute approximate surface area is 174 Å². The van der Waals surface area contributed by atoms with Gasteiger partial charge < -0.3 is 9.47 Å². The van der Waals surface area contributed by atoms with Gasteiger partial charge in [-0.25, -0.2) is 0 Å². The lowest BCUT2D eigenvalue weighted by Crippen LogP contribution is -2.27. The number of thioether (sulfide) groups is 1. The van der Waals surface area contributed by atoms with Crippen molar-refractivity contribution in [3.8, 4) is 11.5 Å². The predicted molar refractivity (Wildman–Crippen MR) is 116 cm³/mol. The van der Waals surface area contributed by atoms with Crippen molar-refractivity contribution in [3.63, 3.8) is 0 Å². The zero-order valence-corrected chi connectivity index (χ0v) is 17.7. The fourth-order valence-corrected chi connectivity index (χ4v) is 4.34. The van der Waals surface area contributed by atoms with Crippen molar-refractivity contribution in [2.75, 3.05) is 6.79 Å². The van der Waals surface area contributed by atoms with Crippen LogP contribution in [0.1, 0.15) is 37.5 Å². The molecule has 0 N–H and O–H groups in total. The van der Waals surface area contributed by atoms with E-state index in [1.54, 1.807) is 4.90 Å². The predicted octanol–water partition coefficient (Wildman–Crippen LogP) is 5.11. The highest BCUT2D eigenvalue weighted by atomic mass is 32.2. The minimum absolute atomic E-state index is 0.0624. The van der Waals surface area contributed by atoms with Crippen molar-refractivity contribution < 1.29 is 14.3 Å². The summed E-state index contributed by atoms with van der Waals surface area (Å²) >= 11 is 6.79. The standard InChI is InChI=1S/C22H21NO3S2/c1-22(2,3)16-7-4-14(5-8-16)11-19-20(24)23(21(27)28-19)12-15-6-9-17-18(10-15)26-13-25-17/h4-11H,12-13H2,1-3H3/b19-11+. The van der Waals surface area contributed by atoms with E-state index in [0.29, 0.717) is 21.5 Å². The van der Waals surface area contributed by atoms with Gasteiger partial charge in [-0.3, -0.25) is 9.69 Å². The Bertz CT molecular complexity index is 974. The van der Waals surface area contributed by atoms with Crippen LogP contribution < -0.4 is 9.47 Å². The summed E-state index contributed by atoms with van der Waals surface area (Å²) in [6, 6.07) is 14.0. The fourth-order valence-electron chi connectivity index (χ4n) is 3.09. The number of fused-ring (bicyclic) bond motifs is 1. The zero-order valence-electron chi connectivity index (χ0n) is 16.0. The second kappa shape index (κ2) is 7.26. The molecule has 0 radical (unpaired) electrons. The normalized spacial score (nSPS) is 17.7. The third-order valence-electron chi connectivity index (χ3n) is 4.73. The van der Waals surface area contributed by atoms with Crippen LogP contribution in [0.15, 0.2) is 47.4 Å². The molecular formula is C22H21NO3S2. The highest BCUT2D eigenvalue weighted by Gasteiger charge is 2.32. The van der Waals surface area contributed by atoms with Gasteiger partial charge in [0.1, 0.15) is 4.32 Å². The molecule has 6 heteroatoms. The van der Waals surface area contributed by atoms with E-state index in [1.165, 1.54) is 17.3 Å². The molecule has 1 amide bonds. The minimum Gasteiger partial charge on any atom is -0.454 e. The van der Waals surface area contributed by atoms with Crippen LogP contribution in [0, 0.1) is 0 Å². The van der Waals surface area contributed by atoms with Gasteiger partial charge in [0.15, 0.2) is 11.5 Å². The van der Waals surface area contributed by atoms with Gasteiger partial charge in [0.2, 0.25) is 6.79 Å². The summed E-state index contributed by atoms with van der Waals surface area (Å²) in [7, 11) is 0. The molecule has 2 aliphatic rings. The van der Waals surface area contributed by atoms with Crippen molar-refractivity contribution in [3.05, 3.63) is 64.1 Å². The molecule has 0 aliphatic carbocycles. The molecule has 1 fully saturated rings. The summed E-state index contributed by atoms with van der Waals surface area (Å²) in [5.41, 5.74) is 3.32. The minimum atomic E-state index is -0.0624. The largest absolute Gasteiger partial charge is 0.454 e. The summed E-state index contributed by atoms with van der Waals surface area (Å²) in [6.07, 6.45) is 1.91. The van der Waals surface area contributed by atoms with Crippen LogP contribution in [0.2, 0.25) is 0 Å². The summed E-state index contributed by atoms with van der Waals surface area (Å²) in [4.78, 5) is 15.2. The van der Waals surface area contributed by atoms with Crippen LogP contribution in [0.25, 0.3) is 6.08 Å². The fraction of sp³-hybridized carbons (Fsp3) is 0.273. The Kier molecular flexibility index (Phi) is 4.93. The van der Waals surface area contributed by atoms with E-state index in [9.17, 15) is 4.79 Å². The molecule has 2 aromatic rings. The number of hydrogen-bond donors (Lipinski definition) is 0. The van der Waals surface area contributed by atoms with Crippen molar-refractivity contribution in [2.45, 2.75) is 32.7 Å². The molecule has 4 rings (SSSR count). The lowest BCUT2D eigenvalue weighted by atomic mass is 9.87. The molecule has 1 saturated heterocycles. The molecule has 0 saturated carbocycles. The van der Waals surface area contributed by atoms with E-state index in [0.717, 1.165) is 16.9 Å². The monoisotopic (exact) mass is 411 g/mol. The van der Waals surface area contributed by atoms with Crippen LogP contribution in [0.3, 0.4) is 0 Å². The summed E-state index contributed by atoms with van der Waals surface area (Å²) in [5, 5.41) is 0. The molecule has 2 aromatic carbocycles. The van der Waals surface area contributed by atoms with Gasteiger partial charge in [0, 0.05) is 0 Å². The SMILES string of the molecule is CC(C)(C)c1ccc(/C=C2/SC(=S)N(Cc3ccc4c(c3)OCO4)C2=O)cc1. The smallest absolute Gasteiger partial charge is 0.266 e. The van der Waals surface area contributed by atoms with Crippen molar-refractivity contribution in [1.29, 1.82) is 0 Å². The van der Waals surface area contributed by atoms with Crippen LogP contribution in [-0.2, 0) is 16.8 Å². The lowest BCUT2D eigenvalue weighted by molar-refractivity contribution is -0.122. The first kappa shape index (κ1) is 19.0. The number of carbonyl (C=O) groups excluding carboxylic acids is 1. The zero-order chi connectivity index (χ0) is 19.9. The first-order valence-corrected chi connectivity index (χ1v) is 10.3. The Morgan fingerprint density at radius 1 is 1.11 bits per heavy atom. The first-order chi connectivity index (χ1) is 13.3. The summed E-state index contributed by atoms with van der Waals surface area (Å²) in [5.74, 6) is 1.37. The Morgan fingerprint density at radius 3 is 2.54 bits per heavy atom. The van der Waals surface area contributed by atoms with Gasteiger partial charge in [0.25, 0.3) is 5.91 Å². The van der Waals surface area contributed by atoms with E-state index in [2.05, 4.69) is 32.9 Å². The van der Waals surface area contributed by atoms with Crippen molar-refractivity contribution >= 4 is 40.3 Å². The van der Waals surface area contributed by atoms with E-state index in [4.69, 9.17) is 21.7 Å². The van der Waals surface area contributed by atoms with E-state index < -0.39 is 0 Å². The van der Waals surface area contributed by atoms with Gasteiger partial charge >= 0.3 is 0 Å². The molecule has 0 spiro atoms. The molecule has 28 heavy (non-hydrogen) atoms. The van der Waals surface area contributed by atoms with Crippen LogP contribution in [0.4, 0.5) is 0 Å². The maximum atomic E-state index is 12.9. The van der Waals surface area contributed by atoms with Gasteiger partial charge in [-0.1, -0.05) is 75.1 Å². The maximum absolute atomic E-state index is 12.9. The second-order valence-electron chi connectivity index (χ2n) is 7.83. The number of hydrogen-bond acceptors (Lipinski definition) is 5. The van der Waals surface area contributed by atoms with Gasteiger partial charge in [-0.05, 0) is 40.3 Å². The third kappa shape index (κ3) is 3.80. The van der Waals surface area contributed by atoms with E-state index in [1.807, 2.05) is 36.4 Å². The van der Waals surface area contributed by atoms with Crippen LogP contribution in [0.5, 0.6) is 11.5 Å². The molecular weight excluding hydrogens is 390 g/mol. The number of carbonyl (C=O) groups is 1. The Morgan fingerprint density at radius 2 is 1.82 bits per heavy atom. The van der Waals surface area contributed by atoms with Crippen LogP contribution in [-0.4, -0.2) is 21.9 Å². The van der Waals surface area contributed by atoms with Gasteiger partial charge in [0.05, 0.1) is 11.4 Å². The van der Waals surface area contributed by atoms with Crippen LogP contribution >= 0.6 is 24.0 Å². The lowest BCUT2D eigenvalue weighted by Gasteiger charge is -2.18. The van der Waals surface area contributed by atoms with Crippen molar-refractivity contribution in [1.82, 2.24) is 4.90 Å². The first-order valence-electron chi connectivity index (χ1n) is 9.06. The Hall–Kier alpha value is -2.31. The average Bonchev–Trinajstić information content (AvgIpc) is 3.21. The Balaban J connectivity index is 1.51. The molecule has 0 aromatic heterocycles. The molecule has 0 atom stereocenters. The summed E-state index contributed by atoms with van der Waals surface area (Å²) < 4.78 is 11.3. The van der Waals surface area contributed by atoms with Gasteiger partial charge in [-0.15, -0.1) is 0 Å². The average molecular weight is 412 g/mol. The highest BCUT2D eigenvalue weighted by Crippen LogP contribution is 2.36. The third-order valence-corrected chi connectivity index (χ3v) is 6.10. The second-order valence-corrected chi connectivity index (χ2v) is 9.50. The molecule has 144 valence electrons. The topological polar surface area (TPSA) is 38.8 Å². The maximum Gasteiger partial charge on any atom is 0.266 e. The molecule has 0 unspecified atom stereocenters. The number of nitrogens with zero attached hydrogens (tertiary/aromatic N) is 1. The van der Waals surface area contributed by atoms with E-state index in [-0.39, 0.29) is 18.1 Å². The number of amides is 1. The molecule has 0 bridgehead atoms. The number of rotatable bonds is 3. The quantitative estimate of drug-likeness (QED) is 0.518. The number of ether oxygens (including phenoxy) is 2. The molecule has 2 aliphatic heterocycles. The molecule has 2 heterocycles. The summed E-state index contributed by atoms with van der Waals surface area (Å²) in [6.45, 7) is 7.20. The van der Waals surface area contributed by atoms with Crippen molar-refractivity contribution in [2.24, 2.45) is 0 Å². The number of thiocarbonyl (C=S) groups is 1. The number of benzene rings is 2. The van der Waals surface area contributed by atoms with E-state index >= 15 is 0 Å². The molecule has 4 nitrogen and oxygen atoms in total. The highest BCUT2D eigenvalue weighted by molar-refractivity contribution is 8.26. The van der Waals surface area contributed by atoms with Gasteiger partial charge in [-0.2, -0.15) is 0 Å².